The summed E-state index contributed by atoms with van der Waals surface area (Å²) in [6.45, 7) is 11.2. The molecule has 2 saturated heterocycles. The van der Waals surface area contributed by atoms with Crippen molar-refractivity contribution in [2.45, 2.75) is 26.7 Å². The minimum atomic E-state index is 0.326. The average Bonchev–Trinajstić information content (AvgIpc) is 2.89. The van der Waals surface area contributed by atoms with Crippen molar-refractivity contribution in [1.29, 1.82) is 0 Å². The lowest BCUT2D eigenvalue weighted by Gasteiger charge is -2.25. The third-order valence-electron chi connectivity index (χ3n) is 4.16. The third kappa shape index (κ3) is 3.23. The standard InChI is InChI=1S/C14H27N3O/c1-3-5-17(6-4-2)14(18)11-16-9-12-7-15-8-13(12)10-16/h12-13,15H,3-11H2,1-2H3/t12-,13+. The first-order chi connectivity index (χ1) is 8.74. The Morgan fingerprint density at radius 3 is 2.22 bits per heavy atom. The highest BCUT2D eigenvalue weighted by Gasteiger charge is 2.36. The first kappa shape index (κ1) is 13.8. The fourth-order valence-electron chi connectivity index (χ4n) is 3.27. The second-order valence-corrected chi connectivity index (χ2v) is 5.75. The van der Waals surface area contributed by atoms with Gasteiger partial charge in [0.25, 0.3) is 0 Å². The summed E-state index contributed by atoms with van der Waals surface area (Å²) in [5.74, 6) is 1.89. The molecule has 2 aliphatic heterocycles. The maximum absolute atomic E-state index is 12.3. The molecule has 4 nitrogen and oxygen atoms in total. The highest BCUT2D eigenvalue weighted by atomic mass is 16.2. The molecular formula is C14H27N3O. The summed E-state index contributed by atoms with van der Waals surface area (Å²) < 4.78 is 0. The summed E-state index contributed by atoms with van der Waals surface area (Å²) >= 11 is 0. The molecule has 1 N–H and O–H groups in total. The molecule has 0 aromatic carbocycles. The van der Waals surface area contributed by atoms with Crippen LogP contribution in [0.15, 0.2) is 0 Å². The molecule has 2 atom stereocenters. The van der Waals surface area contributed by atoms with E-state index >= 15 is 0 Å². The summed E-state index contributed by atoms with van der Waals surface area (Å²) in [5, 5.41) is 3.44. The van der Waals surface area contributed by atoms with Crippen molar-refractivity contribution in [2.24, 2.45) is 11.8 Å². The normalized spacial score (nSPS) is 27.4. The number of likely N-dealkylation sites (tertiary alicyclic amines) is 1. The van der Waals surface area contributed by atoms with E-state index in [0.717, 1.165) is 63.9 Å². The minimum Gasteiger partial charge on any atom is -0.342 e. The highest BCUT2D eigenvalue weighted by molar-refractivity contribution is 5.78. The monoisotopic (exact) mass is 253 g/mol. The van der Waals surface area contributed by atoms with Gasteiger partial charge in [-0.05, 0) is 37.8 Å². The van der Waals surface area contributed by atoms with E-state index < -0.39 is 0 Å². The molecular weight excluding hydrogens is 226 g/mol. The molecule has 2 rings (SSSR count). The Hall–Kier alpha value is -0.610. The van der Waals surface area contributed by atoms with Crippen LogP contribution in [0.4, 0.5) is 0 Å². The second kappa shape index (κ2) is 6.53. The minimum absolute atomic E-state index is 0.326. The Balaban J connectivity index is 1.79. The van der Waals surface area contributed by atoms with Gasteiger partial charge in [0.05, 0.1) is 6.54 Å². The number of hydrogen-bond acceptors (Lipinski definition) is 3. The molecule has 1 amide bonds. The molecule has 0 radical (unpaired) electrons. The van der Waals surface area contributed by atoms with Crippen molar-refractivity contribution < 1.29 is 4.79 Å². The van der Waals surface area contributed by atoms with E-state index in [1.165, 1.54) is 0 Å². The van der Waals surface area contributed by atoms with Crippen molar-refractivity contribution in [2.75, 3.05) is 45.8 Å². The second-order valence-electron chi connectivity index (χ2n) is 5.75. The molecule has 4 heteroatoms. The Bertz CT molecular complexity index is 264. The van der Waals surface area contributed by atoms with E-state index in [1.807, 2.05) is 4.90 Å². The molecule has 2 heterocycles. The van der Waals surface area contributed by atoms with Crippen LogP contribution in [-0.4, -0.2) is 61.5 Å². The van der Waals surface area contributed by atoms with Gasteiger partial charge in [-0.1, -0.05) is 13.8 Å². The molecule has 18 heavy (non-hydrogen) atoms. The molecule has 0 bridgehead atoms. The van der Waals surface area contributed by atoms with Gasteiger partial charge in [0.15, 0.2) is 0 Å². The zero-order valence-electron chi connectivity index (χ0n) is 11.8. The zero-order chi connectivity index (χ0) is 13.0. The predicted octanol–water partition coefficient (Wildman–Crippen LogP) is 0.786. The predicted molar refractivity (Wildman–Crippen MR) is 73.5 cm³/mol. The Kier molecular flexibility index (Phi) is 5.01. The van der Waals surface area contributed by atoms with Crippen LogP contribution in [0, 0.1) is 11.8 Å². The first-order valence-corrected chi connectivity index (χ1v) is 7.45. The van der Waals surface area contributed by atoms with Crippen LogP contribution >= 0.6 is 0 Å². The van der Waals surface area contributed by atoms with E-state index in [1.54, 1.807) is 0 Å². The van der Waals surface area contributed by atoms with Crippen LogP contribution in [-0.2, 0) is 4.79 Å². The maximum Gasteiger partial charge on any atom is 0.236 e. The van der Waals surface area contributed by atoms with Crippen molar-refractivity contribution >= 4 is 5.91 Å². The number of nitrogens with zero attached hydrogens (tertiary/aromatic N) is 2. The lowest BCUT2D eigenvalue weighted by atomic mass is 10.0. The van der Waals surface area contributed by atoms with E-state index in [4.69, 9.17) is 0 Å². The van der Waals surface area contributed by atoms with Gasteiger partial charge in [-0.3, -0.25) is 9.69 Å². The average molecular weight is 253 g/mol. The molecule has 0 unspecified atom stereocenters. The van der Waals surface area contributed by atoms with Crippen molar-refractivity contribution in [3.05, 3.63) is 0 Å². The molecule has 0 aromatic rings. The number of carbonyl (C=O) groups excluding carboxylic acids is 1. The van der Waals surface area contributed by atoms with Gasteiger partial charge < -0.3 is 10.2 Å². The lowest BCUT2D eigenvalue weighted by molar-refractivity contribution is -0.132. The van der Waals surface area contributed by atoms with Gasteiger partial charge in [-0.25, -0.2) is 0 Å². The third-order valence-corrected chi connectivity index (χ3v) is 4.16. The Labute approximate surface area is 111 Å². The fourth-order valence-corrected chi connectivity index (χ4v) is 3.27. The molecule has 0 aromatic heterocycles. The van der Waals surface area contributed by atoms with Crippen LogP contribution < -0.4 is 5.32 Å². The number of fused-ring (bicyclic) bond motifs is 1. The summed E-state index contributed by atoms with van der Waals surface area (Å²) in [5.41, 5.74) is 0. The summed E-state index contributed by atoms with van der Waals surface area (Å²) in [4.78, 5) is 16.7. The quantitative estimate of drug-likeness (QED) is 0.760. The summed E-state index contributed by atoms with van der Waals surface area (Å²) in [6, 6.07) is 0. The van der Waals surface area contributed by atoms with Gasteiger partial charge in [0.2, 0.25) is 5.91 Å². The van der Waals surface area contributed by atoms with Gasteiger partial charge in [0.1, 0.15) is 0 Å². The highest BCUT2D eigenvalue weighted by Crippen LogP contribution is 2.25. The number of hydrogen-bond donors (Lipinski definition) is 1. The van der Waals surface area contributed by atoms with E-state index in [9.17, 15) is 4.79 Å². The van der Waals surface area contributed by atoms with E-state index in [2.05, 4.69) is 24.1 Å². The van der Waals surface area contributed by atoms with Crippen molar-refractivity contribution in [3.8, 4) is 0 Å². The van der Waals surface area contributed by atoms with Crippen molar-refractivity contribution in [1.82, 2.24) is 15.1 Å². The Morgan fingerprint density at radius 1 is 1.17 bits per heavy atom. The molecule has 0 saturated carbocycles. The molecule has 2 aliphatic rings. The van der Waals surface area contributed by atoms with Gasteiger partial charge in [0, 0.05) is 26.2 Å². The number of carbonyl (C=O) groups is 1. The SMILES string of the molecule is CCCN(CCC)C(=O)CN1C[C@H]2CNC[C@H]2C1. The first-order valence-electron chi connectivity index (χ1n) is 7.45. The topological polar surface area (TPSA) is 35.6 Å². The van der Waals surface area contributed by atoms with Gasteiger partial charge in [-0.15, -0.1) is 0 Å². The van der Waals surface area contributed by atoms with Crippen LogP contribution in [0.2, 0.25) is 0 Å². The van der Waals surface area contributed by atoms with E-state index in [-0.39, 0.29) is 0 Å². The summed E-state index contributed by atoms with van der Waals surface area (Å²) in [7, 11) is 0. The smallest absolute Gasteiger partial charge is 0.236 e. The molecule has 0 aliphatic carbocycles. The van der Waals surface area contributed by atoms with Gasteiger partial charge in [-0.2, -0.15) is 0 Å². The molecule has 0 spiro atoms. The van der Waals surface area contributed by atoms with Crippen LogP contribution in [0.3, 0.4) is 0 Å². The van der Waals surface area contributed by atoms with E-state index in [0.29, 0.717) is 12.5 Å². The van der Waals surface area contributed by atoms with Crippen LogP contribution in [0.5, 0.6) is 0 Å². The number of amides is 1. The Morgan fingerprint density at radius 2 is 1.72 bits per heavy atom. The zero-order valence-corrected chi connectivity index (χ0v) is 11.8. The largest absolute Gasteiger partial charge is 0.342 e. The molecule has 104 valence electrons. The number of rotatable bonds is 6. The number of nitrogens with one attached hydrogen (secondary N) is 1. The van der Waals surface area contributed by atoms with Gasteiger partial charge >= 0.3 is 0 Å². The lowest BCUT2D eigenvalue weighted by Crippen LogP contribution is -2.41. The molecule has 2 fully saturated rings. The van der Waals surface area contributed by atoms with Crippen LogP contribution in [0.25, 0.3) is 0 Å². The van der Waals surface area contributed by atoms with Crippen LogP contribution in [0.1, 0.15) is 26.7 Å². The van der Waals surface area contributed by atoms with Crippen molar-refractivity contribution in [3.63, 3.8) is 0 Å². The maximum atomic E-state index is 12.3. The fraction of sp³-hybridized carbons (Fsp3) is 0.929. The summed E-state index contributed by atoms with van der Waals surface area (Å²) in [6.07, 6.45) is 2.11.